The molecule has 0 aliphatic carbocycles. The lowest BCUT2D eigenvalue weighted by Crippen LogP contribution is -2.40. The van der Waals surface area contributed by atoms with Crippen LogP contribution >= 0.6 is 0 Å². The standard InChI is InChI=1S/C24H28N4O2/c1-25-24(27(2)16-17-30-22-8-4-3-5-9-22)26-18-20-11-13-21(14-12-20)19-28-15-7-6-10-23(28)29/h3-15H,16-19H2,1-2H3,(H,25,26). The Morgan fingerprint density at radius 2 is 1.70 bits per heavy atom. The molecule has 0 aliphatic rings. The lowest BCUT2D eigenvalue weighted by atomic mass is 10.1. The molecule has 0 unspecified atom stereocenters. The summed E-state index contributed by atoms with van der Waals surface area (Å²) in [6.07, 6.45) is 1.80. The maximum absolute atomic E-state index is 11.8. The zero-order chi connectivity index (χ0) is 21.2. The first-order valence-electron chi connectivity index (χ1n) is 9.98. The molecule has 0 saturated heterocycles. The molecule has 0 spiro atoms. The summed E-state index contributed by atoms with van der Waals surface area (Å²) in [7, 11) is 3.77. The van der Waals surface area contributed by atoms with Crippen LogP contribution < -0.4 is 15.6 Å². The summed E-state index contributed by atoms with van der Waals surface area (Å²) >= 11 is 0. The van der Waals surface area contributed by atoms with Gasteiger partial charge in [0, 0.05) is 32.9 Å². The molecular weight excluding hydrogens is 376 g/mol. The van der Waals surface area contributed by atoms with Gasteiger partial charge in [0.15, 0.2) is 5.96 Å². The van der Waals surface area contributed by atoms with E-state index in [1.807, 2.05) is 48.3 Å². The third kappa shape index (κ3) is 6.24. The lowest BCUT2D eigenvalue weighted by molar-refractivity contribution is 0.281. The van der Waals surface area contributed by atoms with E-state index in [-0.39, 0.29) is 5.56 Å². The molecule has 0 fully saturated rings. The van der Waals surface area contributed by atoms with Gasteiger partial charge in [-0.3, -0.25) is 9.79 Å². The Kier molecular flexibility index (Phi) is 7.66. The van der Waals surface area contributed by atoms with Gasteiger partial charge in [-0.15, -0.1) is 0 Å². The van der Waals surface area contributed by atoms with Gasteiger partial charge >= 0.3 is 0 Å². The second-order valence-corrected chi connectivity index (χ2v) is 6.97. The molecular formula is C24H28N4O2. The fraction of sp³-hybridized carbons (Fsp3) is 0.250. The van der Waals surface area contributed by atoms with Gasteiger partial charge in [0.1, 0.15) is 12.4 Å². The van der Waals surface area contributed by atoms with E-state index >= 15 is 0 Å². The fourth-order valence-corrected chi connectivity index (χ4v) is 3.04. The molecule has 6 nitrogen and oxygen atoms in total. The number of aliphatic imine (C=N–C) groups is 1. The Bertz CT molecular complexity index is 997. The maximum Gasteiger partial charge on any atom is 0.250 e. The van der Waals surface area contributed by atoms with Gasteiger partial charge in [-0.2, -0.15) is 0 Å². The number of nitrogens with zero attached hydrogens (tertiary/aromatic N) is 3. The van der Waals surface area contributed by atoms with Crippen molar-refractivity contribution in [3.05, 3.63) is 100 Å². The molecule has 0 saturated carbocycles. The molecule has 156 valence electrons. The minimum Gasteiger partial charge on any atom is -0.492 e. The number of hydrogen-bond acceptors (Lipinski definition) is 3. The molecule has 0 amide bonds. The zero-order valence-electron chi connectivity index (χ0n) is 17.5. The molecule has 2 aromatic carbocycles. The van der Waals surface area contributed by atoms with Crippen molar-refractivity contribution in [2.75, 3.05) is 27.2 Å². The molecule has 3 rings (SSSR count). The van der Waals surface area contributed by atoms with Crippen molar-refractivity contribution < 1.29 is 4.74 Å². The Balaban J connectivity index is 1.47. The number of guanidine groups is 1. The van der Waals surface area contributed by atoms with Gasteiger partial charge in [0.05, 0.1) is 13.1 Å². The van der Waals surface area contributed by atoms with Crippen LogP contribution in [0.1, 0.15) is 11.1 Å². The normalized spacial score (nSPS) is 11.2. The largest absolute Gasteiger partial charge is 0.492 e. The van der Waals surface area contributed by atoms with Crippen molar-refractivity contribution in [1.82, 2.24) is 14.8 Å². The van der Waals surface area contributed by atoms with Crippen molar-refractivity contribution in [2.45, 2.75) is 13.1 Å². The van der Waals surface area contributed by atoms with Crippen LogP contribution in [0, 0.1) is 0 Å². The van der Waals surface area contributed by atoms with Gasteiger partial charge in [0.25, 0.3) is 5.56 Å². The highest BCUT2D eigenvalue weighted by molar-refractivity contribution is 5.79. The monoisotopic (exact) mass is 404 g/mol. The summed E-state index contributed by atoms with van der Waals surface area (Å²) in [5, 5.41) is 3.38. The van der Waals surface area contributed by atoms with Crippen molar-refractivity contribution in [1.29, 1.82) is 0 Å². The average Bonchev–Trinajstić information content (AvgIpc) is 2.77. The fourth-order valence-electron chi connectivity index (χ4n) is 3.04. The molecule has 3 aromatic rings. The van der Waals surface area contributed by atoms with E-state index in [4.69, 9.17) is 4.74 Å². The van der Waals surface area contributed by atoms with E-state index in [0.29, 0.717) is 19.7 Å². The molecule has 1 N–H and O–H groups in total. The summed E-state index contributed by atoms with van der Waals surface area (Å²) in [5.41, 5.74) is 2.24. The second-order valence-electron chi connectivity index (χ2n) is 6.97. The third-order valence-corrected chi connectivity index (χ3v) is 4.74. The highest BCUT2D eigenvalue weighted by Gasteiger charge is 2.06. The number of hydrogen-bond donors (Lipinski definition) is 1. The molecule has 30 heavy (non-hydrogen) atoms. The number of likely N-dealkylation sites (N-methyl/N-ethyl adjacent to an activating group) is 1. The minimum absolute atomic E-state index is 0.00586. The first kappa shape index (κ1) is 21.2. The molecule has 0 bridgehead atoms. The maximum atomic E-state index is 11.8. The van der Waals surface area contributed by atoms with Crippen LogP contribution in [0.25, 0.3) is 0 Å². The van der Waals surface area contributed by atoms with Gasteiger partial charge in [-0.25, -0.2) is 0 Å². The van der Waals surface area contributed by atoms with E-state index in [1.54, 1.807) is 29.9 Å². The van der Waals surface area contributed by atoms with Crippen LogP contribution in [0.3, 0.4) is 0 Å². The Morgan fingerprint density at radius 3 is 2.40 bits per heavy atom. The summed E-state index contributed by atoms with van der Waals surface area (Å²) < 4.78 is 7.45. The molecule has 0 aliphatic heterocycles. The number of rotatable bonds is 8. The van der Waals surface area contributed by atoms with E-state index in [2.05, 4.69) is 34.6 Å². The van der Waals surface area contributed by atoms with Crippen LogP contribution in [-0.2, 0) is 13.1 Å². The average molecular weight is 405 g/mol. The molecule has 0 atom stereocenters. The van der Waals surface area contributed by atoms with Crippen LogP contribution in [0.15, 0.2) is 88.8 Å². The van der Waals surface area contributed by atoms with Crippen LogP contribution in [0.5, 0.6) is 5.75 Å². The van der Waals surface area contributed by atoms with Gasteiger partial charge in [-0.1, -0.05) is 48.5 Å². The number of pyridine rings is 1. The number of ether oxygens (including phenoxy) is 1. The van der Waals surface area contributed by atoms with E-state index in [9.17, 15) is 4.79 Å². The predicted molar refractivity (Wildman–Crippen MR) is 121 cm³/mol. The Hall–Kier alpha value is -3.54. The second kappa shape index (κ2) is 10.9. The predicted octanol–water partition coefficient (Wildman–Crippen LogP) is 2.98. The quantitative estimate of drug-likeness (QED) is 0.463. The number of nitrogens with one attached hydrogen (secondary N) is 1. The summed E-state index contributed by atoms with van der Waals surface area (Å²) in [6, 6.07) is 23.2. The molecule has 1 heterocycles. The molecule has 6 heteroatoms. The van der Waals surface area contributed by atoms with Crippen molar-refractivity contribution in [2.24, 2.45) is 4.99 Å². The highest BCUT2D eigenvalue weighted by Crippen LogP contribution is 2.08. The zero-order valence-corrected chi connectivity index (χ0v) is 17.5. The summed E-state index contributed by atoms with van der Waals surface area (Å²) in [5.74, 6) is 1.68. The topological polar surface area (TPSA) is 58.9 Å². The van der Waals surface area contributed by atoms with E-state index in [0.717, 1.165) is 29.4 Å². The van der Waals surface area contributed by atoms with Gasteiger partial charge < -0.3 is 19.5 Å². The van der Waals surface area contributed by atoms with Crippen LogP contribution in [-0.4, -0.2) is 42.7 Å². The minimum atomic E-state index is 0.00586. The summed E-state index contributed by atoms with van der Waals surface area (Å²) in [6.45, 7) is 2.54. The summed E-state index contributed by atoms with van der Waals surface area (Å²) in [4.78, 5) is 18.2. The van der Waals surface area contributed by atoms with Gasteiger partial charge in [0.2, 0.25) is 0 Å². The molecule has 0 radical (unpaired) electrons. The number of para-hydroxylation sites is 1. The van der Waals surface area contributed by atoms with E-state index < -0.39 is 0 Å². The number of benzene rings is 2. The third-order valence-electron chi connectivity index (χ3n) is 4.74. The van der Waals surface area contributed by atoms with Crippen molar-refractivity contribution in [3.63, 3.8) is 0 Å². The SMILES string of the molecule is CN=C(NCc1ccc(Cn2ccccc2=O)cc1)N(C)CCOc1ccccc1. The molecule has 1 aromatic heterocycles. The lowest BCUT2D eigenvalue weighted by Gasteiger charge is -2.22. The van der Waals surface area contributed by atoms with Crippen LogP contribution in [0.4, 0.5) is 0 Å². The first-order valence-corrected chi connectivity index (χ1v) is 9.98. The highest BCUT2D eigenvalue weighted by atomic mass is 16.5. The van der Waals surface area contributed by atoms with Crippen LogP contribution in [0.2, 0.25) is 0 Å². The first-order chi connectivity index (χ1) is 14.7. The van der Waals surface area contributed by atoms with Crippen molar-refractivity contribution in [3.8, 4) is 5.75 Å². The number of aromatic nitrogens is 1. The van der Waals surface area contributed by atoms with Gasteiger partial charge in [-0.05, 0) is 29.3 Å². The Labute approximate surface area is 177 Å². The van der Waals surface area contributed by atoms with Crippen molar-refractivity contribution >= 4 is 5.96 Å². The Morgan fingerprint density at radius 1 is 1.00 bits per heavy atom. The van der Waals surface area contributed by atoms with E-state index in [1.165, 1.54) is 0 Å². The smallest absolute Gasteiger partial charge is 0.250 e.